The molecule has 144 valence electrons. The smallest absolute Gasteiger partial charge is 0.273 e. The molecule has 0 aromatic heterocycles. The molecule has 1 spiro atoms. The molecule has 0 aliphatic carbocycles. The third-order valence-corrected chi connectivity index (χ3v) is 5.71. The van der Waals surface area contributed by atoms with Crippen molar-refractivity contribution in [3.63, 3.8) is 0 Å². The first-order chi connectivity index (χ1) is 13.5. The molecule has 0 atom stereocenters. The van der Waals surface area contributed by atoms with Gasteiger partial charge in [0.25, 0.3) is 11.8 Å². The fourth-order valence-electron chi connectivity index (χ4n) is 3.53. The zero-order valence-corrected chi connectivity index (χ0v) is 16.8. The summed E-state index contributed by atoms with van der Waals surface area (Å²) in [6.07, 6.45) is 1.77. The van der Waals surface area contributed by atoms with Gasteiger partial charge in [0.2, 0.25) is 0 Å². The SMILES string of the molecule is O=C(Nc1ccccc1)C1=NOC2(CCN(C(=O)c3ccc(Br)cc3)CC2)C1. The second-order valence-corrected chi connectivity index (χ2v) is 8.02. The van der Waals surface area contributed by atoms with E-state index in [9.17, 15) is 9.59 Å². The largest absolute Gasteiger partial charge is 0.388 e. The van der Waals surface area contributed by atoms with Gasteiger partial charge in [-0.05, 0) is 36.4 Å². The van der Waals surface area contributed by atoms with Crippen LogP contribution in [0.3, 0.4) is 0 Å². The van der Waals surface area contributed by atoms with Gasteiger partial charge in [-0.1, -0.05) is 39.3 Å². The molecule has 0 saturated carbocycles. The zero-order chi connectivity index (χ0) is 19.6. The van der Waals surface area contributed by atoms with Gasteiger partial charge in [-0.25, -0.2) is 0 Å². The lowest BCUT2D eigenvalue weighted by atomic mass is 9.86. The Labute approximate surface area is 171 Å². The molecule has 1 saturated heterocycles. The summed E-state index contributed by atoms with van der Waals surface area (Å²) in [7, 11) is 0. The van der Waals surface area contributed by atoms with E-state index >= 15 is 0 Å². The molecule has 4 rings (SSSR count). The predicted octanol–water partition coefficient (Wildman–Crippen LogP) is 3.84. The first kappa shape index (κ1) is 18.7. The first-order valence-electron chi connectivity index (χ1n) is 9.21. The molecule has 2 aliphatic rings. The Morgan fingerprint density at radius 2 is 1.71 bits per heavy atom. The van der Waals surface area contributed by atoms with Crippen LogP contribution in [0.1, 0.15) is 29.6 Å². The highest BCUT2D eigenvalue weighted by molar-refractivity contribution is 9.10. The summed E-state index contributed by atoms with van der Waals surface area (Å²) in [5.41, 5.74) is 1.31. The van der Waals surface area contributed by atoms with E-state index in [0.717, 1.165) is 10.2 Å². The van der Waals surface area contributed by atoms with Gasteiger partial charge in [0.05, 0.1) is 0 Å². The predicted molar refractivity (Wildman–Crippen MR) is 110 cm³/mol. The normalized spacial score (nSPS) is 17.8. The van der Waals surface area contributed by atoms with Crippen molar-refractivity contribution < 1.29 is 14.4 Å². The number of para-hydroxylation sites is 1. The number of likely N-dealkylation sites (tertiary alicyclic amines) is 1. The van der Waals surface area contributed by atoms with Crippen LogP contribution < -0.4 is 5.32 Å². The number of hydrogen-bond donors (Lipinski definition) is 1. The number of nitrogens with zero attached hydrogens (tertiary/aromatic N) is 2. The average Bonchev–Trinajstić information content (AvgIpc) is 3.13. The lowest BCUT2D eigenvalue weighted by Crippen LogP contribution is -2.47. The summed E-state index contributed by atoms with van der Waals surface area (Å²) >= 11 is 3.38. The van der Waals surface area contributed by atoms with E-state index in [-0.39, 0.29) is 11.8 Å². The van der Waals surface area contributed by atoms with Crippen LogP contribution in [-0.4, -0.2) is 41.1 Å². The molecule has 0 unspecified atom stereocenters. The fraction of sp³-hybridized carbons (Fsp3) is 0.286. The highest BCUT2D eigenvalue weighted by Crippen LogP contribution is 2.35. The molecule has 6 nitrogen and oxygen atoms in total. The van der Waals surface area contributed by atoms with E-state index in [2.05, 4.69) is 26.4 Å². The van der Waals surface area contributed by atoms with E-state index in [1.165, 1.54) is 0 Å². The molecular weight excluding hydrogens is 422 g/mol. The van der Waals surface area contributed by atoms with E-state index in [0.29, 0.717) is 43.6 Å². The van der Waals surface area contributed by atoms with Gasteiger partial charge < -0.3 is 15.1 Å². The maximum Gasteiger partial charge on any atom is 0.273 e. The van der Waals surface area contributed by atoms with E-state index < -0.39 is 5.60 Å². The van der Waals surface area contributed by atoms with Crippen molar-refractivity contribution in [2.75, 3.05) is 18.4 Å². The van der Waals surface area contributed by atoms with E-state index in [4.69, 9.17) is 4.84 Å². The molecule has 2 amide bonds. The van der Waals surface area contributed by atoms with Crippen LogP contribution in [0.5, 0.6) is 0 Å². The van der Waals surface area contributed by atoms with Gasteiger partial charge in [-0.2, -0.15) is 0 Å². The van der Waals surface area contributed by atoms with Crippen molar-refractivity contribution in [2.45, 2.75) is 24.9 Å². The minimum atomic E-state index is -0.486. The Hall–Kier alpha value is -2.67. The highest BCUT2D eigenvalue weighted by atomic mass is 79.9. The van der Waals surface area contributed by atoms with Crippen molar-refractivity contribution in [3.05, 3.63) is 64.6 Å². The topological polar surface area (TPSA) is 71.0 Å². The fourth-order valence-corrected chi connectivity index (χ4v) is 3.79. The molecule has 2 aromatic carbocycles. The number of hydrogen-bond acceptors (Lipinski definition) is 4. The number of carbonyl (C=O) groups is 2. The summed E-state index contributed by atoms with van der Waals surface area (Å²) in [6.45, 7) is 1.16. The van der Waals surface area contributed by atoms with Crippen LogP contribution in [0.4, 0.5) is 5.69 Å². The van der Waals surface area contributed by atoms with Gasteiger partial charge in [-0.3, -0.25) is 9.59 Å². The standard InChI is InChI=1S/C21H20BrN3O3/c22-16-8-6-15(7-9-16)20(27)25-12-10-21(11-13-25)14-18(24-28-21)19(26)23-17-4-2-1-3-5-17/h1-9H,10-14H2,(H,23,26). The molecule has 2 aromatic rings. The van der Waals surface area contributed by atoms with Gasteiger partial charge in [-0.15, -0.1) is 0 Å². The zero-order valence-electron chi connectivity index (χ0n) is 15.2. The molecule has 1 fully saturated rings. The number of rotatable bonds is 3. The third kappa shape index (κ3) is 3.94. The number of nitrogens with one attached hydrogen (secondary N) is 1. The van der Waals surface area contributed by atoms with E-state index in [1.54, 1.807) is 0 Å². The van der Waals surface area contributed by atoms with Crippen LogP contribution in [0.2, 0.25) is 0 Å². The van der Waals surface area contributed by atoms with E-state index in [1.807, 2.05) is 59.5 Å². The second kappa shape index (κ2) is 7.75. The number of piperidine rings is 1. The Morgan fingerprint density at radius 1 is 1.04 bits per heavy atom. The van der Waals surface area contributed by atoms with Crippen molar-refractivity contribution in [1.29, 1.82) is 0 Å². The summed E-state index contributed by atoms with van der Waals surface area (Å²) in [4.78, 5) is 32.6. The Bertz CT molecular complexity index is 904. The molecule has 0 bridgehead atoms. The molecule has 1 N–H and O–H groups in total. The lowest BCUT2D eigenvalue weighted by Gasteiger charge is -2.37. The molecule has 28 heavy (non-hydrogen) atoms. The van der Waals surface area contributed by atoms with Crippen LogP contribution in [0.15, 0.2) is 64.2 Å². The minimum absolute atomic E-state index is 0.0170. The number of amides is 2. The number of carbonyl (C=O) groups excluding carboxylic acids is 2. The first-order valence-corrected chi connectivity index (χ1v) is 10.0. The van der Waals surface area contributed by atoms with Crippen LogP contribution in [-0.2, 0) is 9.63 Å². The van der Waals surface area contributed by atoms with Crippen LogP contribution >= 0.6 is 15.9 Å². The van der Waals surface area contributed by atoms with Crippen molar-refractivity contribution in [3.8, 4) is 0 Å². The maximum atomic E-state index is 12.7. The van der Waals surface area contributed by atoms with Crippen molar-refractivity contribution in [1.82, 2.24) is 4.90 Å². The number of benzene rings is 2. The van der Waals surface area contributed by atoms with Crippen LogP contribution in [0.25, 0.3) is 0 Å². The molecule has 2 heterocycles. The Balaban J connectivity index is 1.33. The average molecular weight is 442 g/mol. The van der Waals surface area contributed by atoms with Gasteiger partial charge in [0.15, 0.2) is 0 Å². The number of halogens is 1. The van der Waals surface area contributed by atoms with Gasteiger partial charge in [0, 0.05) is 48.1 Å². The molecule has 0 radical (unpaired) electrons. The molecule has 2 aliphatic heterocycles. The van der Waals surface area contributed by atoms with Crippen molar-refractivity contribution in [2.24, 2.45) is 5.16 Å². The second-order valence-electron chi connectivity index (χ2n) is 7.11. The highest BCUT2D eigenvalue weighted by Gasteiger charge is 2.44. The molecular formula is C21H20BrN3O3. The Kier molecular flexibility index (Phi) is 5.17. The summed E-state index contributed by atoms with van der Waals surface area (Å²) in [5.74, 6) is -0.222. The third-order valence-electron chi connectivity index (χ3n) is 5.19. The Morgan fingerprint density at radius 3 is 2.39 bits per heavy atom. The summed E-state index contributed by atoms with van der Waals surface area (Å²) in [6, 6.07) is 16.6. The summed E-state index contributed by atoms with van der Waals surface area (Å²) in [5, 5.41) is 6.88. The minimum Gasteiger partial charge on any atom is -0.388 e. The maximum absolute atomic E-state index is 12.7. The van der Waals surface area contributed by atoms with Gasteiger partial charge in [0.1, 0.15) is 11.3 Å². The van der Waals surface area contributed by atoms with Crippen molar-refractivity contribution >= 4 is 39.1 Å². The monoisotopic (exact) mass is 441 g/mol. The quantitative estimate of drug-likeness (QED) is 0.786. The summed E-state index contributed by atoms with van der Waals surface area (Å²) < 4.78 is 0.944. The number of anilines is 1. The lowest BCUT2D eigenvalue weighted by molar-refractivity contribution is -0.110. The molecule has 7 heteroatoms. The van der Waals surface area contributed by atoms with Crippen LogP contribution in [0, 0.1) is 0 Å². The number of oxime groups is 1. The van der Waals surface area contributed by atoms with Gasteiger partial charge >= 0.3 is 0 Å².